The van der Waals surface area contributed by atoms with Crippen molar-refractivity contribution in [3.63, 3.8) is 0 Å². The average molecular weight is 296 g/mol. The van der Waals surface area contributed by atoms with Crippen LogP contribution in [0.1, 0.15) is 25.8 Å². The Kier molecular flexibility index (Phi) is 4.55. The van der Waals surface area contributed by atoms with Crippen LogP contribution in [0.3, 0.4) is 0 Å². The molecule has 1 aromatic carbocycles. The Balaban J connectivity index is 2.20. The van der Waals surface area contributed by atoms with Crippen LogP contribution in [0.15, 0.2) is 18.2 Å². The number of nitrogens with zero attached hydrogens (tertiary/aromatic N) is 1. The zero-order valence-corrected chi connectivity index (χ0v) is 12.0. The van der Waals surface area contributed by atoms with E-state index in [-0.39, 0.29) is 36.4 Å². The van der Waals surface area contributed by atoms with Crippen molar-refractivity contribution in [2.75, 3.05) is 6.54 Å². The zero-order chi connectivity index (χ0) is 15.6. The van der Waals surface area contributed by atoms with Crippen LogP contribution in [0.2, 0.25) is 0 Å². The maximum atomic E-state index is 13.7. The molecule has 0 aromatic heterocycles. The predicted molar refractivity (Wildman–Crippen MR) is 73.2 cm³/mol. The number of hydrogen-bond donors (Lipinski definition) is 1. The van der Waals surface area contributed by atoms with Gasteiger partial charge < -0.3 is 10.2 Å². The fraction of sp³-hybridized carbons (Fsp3) is 0.467. The van der Waals surface area contributed by atoms with Crippen molar-refractivity contribution in [3.8, 4) is 0 Å². The zero-order valence-electron chi connectivity index (χ0n) is 12.0. The highest BCUT2D eigenvalue weighted by molar-refractivity contribution is 5.95. The van der Waals surface area contributed by atoms with Gasteiger partial charge in [-0.15, -0.1) is 0 Å². The standard InChI is InChI=1S/C15H18F2N2O2/c1-3-9(2)14-15(21)19(8-13(20)18-14)7-10-6-11(16)4-5-12(10)17/h4-6,9,14H,3,7-8H2,1-2H3,(H,18,20). The molecular formula is C15H18F2N2O2. The molecule has 1 aromatic rings. The van der Waals surface area contributed by atoms with E-state index in [0.29, 0.717) is 0 Å². The summed E-state index contributed by atoms with van der Waals surface area (Å²) in [6, 6.07) is 2.48. The highest BCUT2D eigenvalue weighted by Crippen LogP contribution is 2.18. The van der Waals surface area contributed by atoms with E-state index in [4.69, 9.17) is 0 Å². The Bertz CT molecular complexity index is 563. The highest BCUT2D eigenvalue weighted by atomic mass is 19.1. The Labute approximate surface area is 122 Å². The molecule has 21 heavy (non-hydrogen) atoms. The monoisotopic (exact) mass is 296 g/mol. The number of piperazine rings is 1. The van der Waals surface area contributed by atoms with E-state index in [0.717, 1.165) is 24.6 Å². The molecule has 1 N–H and O–H groups in total. The lowest BCUT2D eigenvalue weighted by atomic mass is 9.96. The normalized spacial score (nSPS) is 20.4. The van der Waals surface area contributed by atoms with Crippen molar-refractivity contribution in [1.82, 2.24) is 10.2 Å². The molecule has 0 spiro atoms. The summed E-state index contributed by atoms with van der Waals surface area (Å²) in [7, 11) is 0. The third-order valence-corrected chi connectivity index (χ3v) is 3.81. The summed E-state index contributed by atoms with van der Waals surface area (Å²) < 4.78 is 26.9. The summed E-state index contributed by atoms with van der Waals surface area (Å²) >= 11 is 0. The predicted octanol–water partition coefficient (Wildman–Crippen LogP) is 1.84. The van der Waals surface area contributed by atoms with Gasteiger partial charge in [-0.25, -0.2) is 8.78 Å². The molecule has 2 rings (SSSR count). The SMILES string of the molecule is CCC(C)C1NC(=O)CN(Cc2cc(F)ccc2F)C1=O. The van der Waals surface area contributed by atoms with Gasteiger partial charge in [-0.1, -0.05) is 20.3 Å². The van der Waals surface area contributed by atoms with Gasteiger partial charge in [0.1, 0.15) is 17.7 Å². The third-order valence-electron chi connectivity index (χ3n) is 3.81. The minimum atomic E-state index is -0.604. The van der Waals surface area contributed by atoms with Gasteiger partial charge in [0.05, 0.1) is 6.54 Å². The molecule has 0 bridgehead atoms. The summed E-state index contributed by atoms with van der Waals surface area (Å²) in [5.74, 6) is -1.71. The third kappa shape index (κ3) is 3.37. The quantitative estimate of drug-likeness (QED) is 0.921. The van der Waals surface area contributed by atoms with Crippen LogP contribution in [0.4, 0.5) is 8.78 Å². The van der Waals surface area contributed by atoms with E-state index in [1.807, 2.05) is 13.8 Å². The number of benzene rings is 1. The van der Waals surface area contributed by atoms with E-state index in [1.54, 1.807) is 0 Å². The fourth-order valence-electron chi connectivity index (χ4n) is 2.35. The molecule has 0 saturated carbocycles. The molecular weight excluding hydrogens is 278 g/mol. The number of rotatable bonds is 4. The molecule has 6 heteroatoms. The summed E-state index contributed by atoms with van der Waals surface area (Å²) in [5.41, 5.74) is 0.0703. The van der Waals surface area contributed by atoms with Gasteiger partial charge in [0.2, 0.25) is 11.8 Å². The van der Waals surface area contributed by atoms with E-state index in [2.05, 4.69) is 5.32 Å². The first kappa shape index (κ1) is 15.4. The van der Waals surface area contributed by atoms with Crippen LogP contribution >= 0.6 is 0 Å². The first-order valence-electron chi connectivity index (χ1n) is 6.94. The van der Waals surface area contributed by atoms with Crippen LogP contribution in [0.25, 0.3) is 0 Å². The molecule has 114 valence electrons. The van der Waals surface area contributed by atoms with E-state index >= 15 is 0 Å². The second-order valence-corrected chi connectivity index (χ2v) is 5.36. The summed E-state index contributed by atoms with van der Waals surface area (Å²) in [5, 5.41) is 2.66. The lowest BCUT2D eigenvalue weighted by Crippen LogP contribution is -2.59. The number of carbonyl (C=O) groups is 2. The van der Waals surface area contributed by atoms with Gasteiger partial charge in [0.25, 0.3) is 0 Å². The maximum Gasteiger partial charge on any atom is 0.246 e. The smallest absolute Gasteiger partial charge is 0.246 e. The van der Waals surface area contributed by atoms with Crippen molar-refractivity contribution in [2.45, 2.75) is 32.9 Å². The second-order valence-electron chi connectivity index (χ2n) is 5.36. The van der Waals surface area contributed by atoms with Crippen LogP contribution in [0.5, 0.6) is 0 Å². The molecule has 1 aliphatic rings. The van der Waals surface area contributed by atoms with E-state index in [1.165, 1.54) is 4.90 Å². The topological polar surface area (TPSA) is 49.4 Å². The highest BCUT2D eigenvalue weighted by Gasteiger charge is 2.35. The van der Waals surface area contributed by atoms with E-state index < -0.39 is 17.7 Å². The Morgan fingerprint density at radius 1 is 1.38 bits per heavy atom. The number of halogens is 2. The Hall–Kier alpha value is -1.98. The number of carbonyl (C=O) groups excluding carboxylic acids is 2. The summed E-state index contributed by atoms with van der Waals surface area (Å²) in [6.07, 6.45) is 0.735. The largest absolute Gasteiger partial charge is 0.342 e. The van der Waals surface area contributed by atoms with Gasteiger partial charge in [0.15, 0.2) is 0 Å². The molecule has 2 unspecified atom stereocenters. The molecule has 4 nitrogen and oxygen atoms in total. The first-order valence-corrected chi connectivity index (χ1v) is 6.94. The van der Waals surface area contributed by atoms with Crippen molar-refractivity contribution in [2.24, 2.45) is 5.92 Å². The number of amides is 2. The Morgan fingerprint density at radius 2 is 2.10 bits per heavy atom. The Morgan fingerprint density at radius 3 is 2.76 bits per heavy atom. The molecule has 0 radical (unpaired) electrons. The van der Waals surface area contributed by atoms with Gasteiger partial charge in [-0.05, 0) is 24.1 Å². The molecule has 1 saturated heterocycles. The molecule has 1 aliphatic heterocycles. The second kappa shape index (κ2) is 6.20. The molecule has 0 aliphatic carbocycles. The van der Waals surface area contributed by atoms with Gasteiger partial charge in [0, 0.05) is 12.1 Å². The van der Waals surface area contributed by atoms with Crippen LogP contribution in [0, 0.1) is 17.6 Å². The van der Waals surface area contributed by atoms with Crippen LogP contribution in [-0.4, -0.2) is 29.3 Å². The summed E-state index contributed by atoms with van der Waals surface area (Å²) in [4.78, 5) is 25.4. The van der Waals surface area contributed by atoms with Gasteiger partial charge >= 0.3 is 0 Å². The minimum absolute atomic E-state index is 0.0124. The minimum Gasteiger partial charge on any atom is -0.342 e. The number of hydrogen-bond acceptors (Lipinski definition) is 2. The average Bonchev–Trinajstić information content (AvgIpc) is 2.45. The van der Waals surface area contributed by atoms with Crippen molar-refractivity contribution < 1.29 is 18.4 Å². The number of nitrogens with one attached hydrogen (secondary N) is 1. The fourth-order valence-corrected chi connectivity index (χ4v) is 2.35. The van der Waals surface area contributed by atoms with E-state index in [9.17, 15) is 18.4 Å². The lowest BCUT2D eigenvalue weighted by molar-refractivity contribution is -0.146. The lowest BCUT2D eigenvalue weighted by Gasteiger charge is -2.35. The maximum absolute atomic E-state index is 13.7. The molecule has 1 fully saturated rings. The van der Waals surface area contributed by atoms with Gasteiger partial charge in [-0.3, -0.25) is 9.59 Å². The van der Waals surface area contributed by atoms with Gasteiger partial charge in [-0.2, -0.15) is 0 Å². The van der Waals surface area contributed by atoms with Crippen LogP contribution < -0.4 is 5.32 Å². The van der Waals surface area contributed by atoms with Crippen molar-refractivity contribution in [1.29, 1.82) is 0 Å². The summed E-state index contributed by atoms with van der Waals surface area (Å²) in [6.45, 7) is 3.55. The van der Waals surface area contributed by atoms with Crippen molar-refractivity contribution in [3.05, 3.63) is 35.4 Å². The molecule has 1 heterocycles. The van der Waals surface area contributed by atoms with Crippen molar-refractivity contribution >= 4 is 11.8 Å². The van der Waals surface area contributed by atoms with Crippen LogP contribution in [-0.2, 0) is 16.1 Å². The molecule has 2 amide bonds. The molecule has 2 atom stereocenters. The first-order chi connectivity index (χ1) is 9.92.